The van der Waals surface area contributed by atoms with E-state index in [4.69, 9.17) is 0 Å². The molecule has 1 N–H and O–H groups in total. The van der Waals surface area contributed by atoms with Gasteiger partial charge < -0.3 is 4.90 Å². The van der Waals surface area contributed by atoms with E-state index in [1.54, 1.807) is 4.57 Å². The van der Waals surface area contributed by atoms with Crippen LogP contribution < -0.4 is 5.69 Å². The van der Waals surface area contributed by atoms with Crippen LogP contribution in [0.1, 0.15) is 33.3 Å². The lowest BCUT2D eigenvalue weighted by Crippen LogP contribution is -2.43. The summed E-state index contributed by atoms with van der Waals surface area (Å²) in [7, 11) is 0. The van der Waals surface area contributed by atoms with Crippen LogP contribution in [0, 0.1) is 0 Å². The van der Waals surface area contributed by atoms with Crippen molar-refractivity contribution in [1.29, 1.82) is 0 Å². The molecule has 1 amide bonds. The predicted molar refractivity (Wildman–Crippen MR) is 96.2 cm³/mol. The molecule has 6 nitrogen and oxygen atoms in total. The lowest BCUT2D eigenvalue weighted by molar-refractivity contribution is -0.131. The highest BCUT2D eigenvalue weighted by Gasteiger charge is 2.21. The highest BCUT2D eigenvalue weighted by atomic mass is 32.2. The Bertz CT molecular complexity index is 714. The van der Waals surface area contributed by atoms with Gasteiger partial charge in [0.05, 0.1) is 12.3 Å². The normalized spacial score (nSPS) is 11.2. The summed E-state index contributed by atoms with van der Waals surface area (Å²) >= 11 is 1.29. The third kappa shape index (κ3) is 4.50. The number of H-pyrrole nitrogens is 1. The van der Waals surface area contributed by atoms with Crippen LogP contribution in [-0.4, -0.2) is 43.4 Å². The highest BCUT2D eigenvalue weighted by Crippen LogP contribution is 2.17. The van der Waals surface area contributed by atoms with Crippen LogP contribution in [0.4, 0.5) is 0 Å². The second kappa shape index (κ2) is 8.19. The SMILES string of the molecule is CC(C)N(C(=O)CSc1n[nH]c(=O)n1Cc1ccccc1)C(C)C. The van der Waals surface area contributed by atoms with Crippen molar-refractivity contribution in [3.05, 3.63) is 46.4 Å². The van der Waals surface area contributed by atoms with E-state index in [1.165, 1.54) is 11.8 Å². The number of hydrogen-bond donors (Lipinski definition) is 1. The molecule has 0 aliphatic carbocycles. The molecule has 24 heavy (non-hydrogen) atoms. The van der Waals surface area contributed by atoms with E-state index in [0.29, 0.717) is 11.7 Å². The number of aromatic nitrogens is 3. The molecule has 0 spiro atoms. The van der Waals surface area contributed by atoms with Gasteiger partial charge in [-0.2, -0.15) is 0 Å². The number of nitrogens with zero attached hydrogens (tertiary/aromatic N) is 3. The molecule has 0 saturated heterocycles. The van der Waals surface area contributed by atoms with Gasteiger partial charge in [-0.15, -0.1) is 5.10 Å². The molecule has 2 rings (SSSR count). The van der Waals surface area contributed by atoms with E-state index in [2.05, 4.69) is 10.2 Å². The van der Waals surface area contributed by atoms with Gasteiger partial charge in [0.25, 0.3) is 0 Å². The minimum atomic E-state index is -0.265. The van der Waals surface area contributed by atoms with Gasteiger partial charge in [-0.1, -0.05) is 42.1 Å². The zero-order valence-electron chi connectivity index (χ0n) is 14.5. The first-order valence-corrected chi connectivity index (χ1v) is 9.01. The number of hydrogen-bond acceptors (Lipinski definition) is 4. The Morgan fingerprint density at radius 2 is 1.83 bits per heavy atom. The topological polar surface area (TPSA) is 71.0 Å². The quantitative estimate of drug-likeness (QED) is 0.780. The van der Waals surface area contributed by atoms with E-state index in [-0.39, 0.29) is 29.4 Å². The molecule has 0 radical (unpaired) electrons. The van der Waals surface area contributed by atoms with E-state index < -0.39 is 0 Å². The summed E-state index contributed by atoms with van der Waals surface area (Å²) in [6, 6.07) is 9.99. The third-order valence-corrected chi connectivity index (χ3v) is 4.59. The number of nitrogens with one attached hydrogen (secondary N) is 1. The first kappa shape index (κ1) is 18.3. The minimum absolute atomic E-state index is 0.0479. The van der Waals surface area contributed by atoms with Crippen molar-refractivity contribution in [2.75, 3.05) is 5.75 Å². The summed E-state index contributed by atoms with van der Waals surface area (Å²) in [5.41, 5.74) is 0.749. The lowest BCUT2D eigenvalue weighted by atomic mass is 10.2. The largest absolute Gasteiger partial charge is 0.344 e. The summed E-state index contributed by atoms with van der Waals surface area (Å²) in [4.78, 5) is 26.3. The molecular formula is C17H24N4O2S. The van der Waals surface area contributed by atoms with E-state index in [9.17, 15) is 9.59 Å². The van der Waals surface area contributed by atoms with E-state index >= 15 is 0 Å². The van der Waals surface area contributed by atoms with Crippen molar-refractivity contribution in [3.63, 3.8) is 0 Å². The fraction of sp³-hybridized carbons (Fsp3) is 0.471. The minimum Gasteiger partial charge on any atom is -0.337 e. The van der Waals surface area contributed by atoms with Gasteiger partial charge in [0.15, 0.2) is 5.16 Å². The summed E-state index contributed by atoms with van der Waals surface area (Å²) in [6.45, 7) is 8.44. The average Bonchev–Trinajstić information content (AvgIpc) is 2.86. The maximum absolute atomic E-state index is 12.5. The number of rotatable bonds is 7. The van der Waals surface area contributed by atoms with Gasteiger partial charge >= 0.3 is 5.69 Å². The molecular weight excluding hydrogens is 324 g/mol. The number of aromatic amines is 1. The molecule has 0 unspecified atom stereocenters. The highest BCUT2D eigenvalue weighted by molar-refractivity contribution is 7.99. The van der Waals surface area contributed by atoms with Crippen LogP contribution in [0.5, 0.6) is 0 Å². The summed E-state index contributed by atoms with van der Waals surface area (Å²) in [6.07, 6.45) is 0. The van der Waals surface area contributed by atoms with Gasteiger partial charge in [-0.3, -0.25) is 9.36 Å². The van der Waals surface area contributed by atoms with Crippen LogP contribution >= 0.6 is 11.8 Å². The summed E-state index contributed by atoms with van der Waals surface area (Å²) < 4.78 is 1.56. The van der Waals surface area contributed by atoms with Crippen molar-refractivity contribution in [3.8, 4) is 0 Å². The maximum atomic E-state index is 12.5. The Morgan fingerprint density at radius 3 is 2.42 bits per heavy atom. The number of amides is 1. The van der Waals surface area contributed by atoms with E-state index in [0.717, 1.165) is 5.56 Å². The van der Waals surface area contributed by atoms with Gasteiger partial charge in [-0.05, 0) is 33.3 Å². The zero-order valence-corrected chi connectivity index (χ0v) is 15.3. The second-order valence-electron chi connectivity index (χ2n) is 6.16. The molecule has 0 aliphatic rings. The number of carbonyl (C=O) groups is 1. The molecule has 0 fully saturated rings. The summed E-state index contributed by atoms with van der Waals surface area (Å²) in [5.74, 6) is 0.307. The average molecular weight is 348 g/mol. The van der Waals surface area contributed by atoms with Crippen molar-refractivity contribution >= 4 is 17.7 Å². The Morgan fingerprint density at radius 1 is 1.21 bits per heavy atom. The van der Waals surface area contributed by atoms with Gasteiger partial charge in [0.2, 0.25) is 5.91 Å². The Balaban J connectivity index is 2.08. The van der Waals surface area contributed by atoms with Gasteiger partial charge in [0, 0.05) is 12.1 Å². The first-order chi connectivity index (χ1) is 11.4. The zero-order chi connectivity index (χ0) is 17.7. The fourth-order valence-corrected chi connectivity index (χ4v) is 3.51. The molecule has 0 saturated carbocycles. The molecule has 130 valence electrons. The summed E-state index contributed by atoms with van der Waals surface area (Å²) in [5, 5.41) is 7.05. The van der Waals surface area contributed by atoms with Crippen LogP contribution in [0.3, 0.4) is 0 Å². The first-order valence-electron chi connectivity index (χ1n) is 8.03. The molecule has 7 heteroatoms. The Hall–Kier alpha value is -2.02. The molecule has 0 aliphatic heterocycles. The second-order valence-corrected chi connectivity index (χ2v) is 7.10. The predicted octanol–water partition coefficient (Wildman–Crippen LogP) is 2.36. The molecule has 2 aromatic rings. The molecule has 0 bridgehead atoms. The molecule has 1 aromatic heterocycles. The van der Waals surface area contributed by atoms with Crippen molar-refractivity contribution in [1.82, 2.24) is 19.7 Å². The Labute approximate surface area is 146 Å². The van der Waals surface area contributed by atoms with Gasteiger partial charge in [0.1, 0.15) is 0 Å². The number of thioether (sulfide) groups is 1. The van der Waals surface area contributed by atoms with Crippen LogP contribution in [0.2, 0.25) is 0 Å². The van der Waals surface area contributed by atoms with Crippen molar-refractivity contribution in [2.45, 2.75) is 51.5 Å². The fourth-order valence-electron chi connectivity index (χ4n) is 2.69. The molecule has 1 aromatic carbocycles. The standard InChI is InChI=1S/C17H24N4O2S/c1-12(2)21(13(3)4)15(22)11-24-17-19-18-16(23)20(17)10-14-8-6-5-7-9-14/h5-9,12-13H,10-11H2,1-4H3,(H,18,23). The maximum Gasteiger partial charge on any atom is 0.344 e. The third-order valence-electron chi connectivity index (χ3n) is 3.63. The Kier molecular flexibility index (Phi) is 6.25. The molecule has 1 heterocycles. The van der Waals surface area contributed by atoms with Gasteiger partial charge in [-0.25, -0.2) is 9.89 Å². The van der Waals surface area contributed by atoms with Crippen LogP contribution in [0.15, 0.2) is 40.3 Å². The smallest absolute Gasteiger partial charge is 0.337 e. The van der Waals surface area contributed by atoms with Crippen molar-refractivity contribution < 1.29 is 4.79 Å². The van der Waals surface area contributed by atoms with Crippen molar-refractivity contribution in [2.24, 2.45) is 0 Å². The monoisotopic (exact) mass is 348 g/mol. The van der Waals surface area contributed by atoms with Crippen LogP contribution in [0.25, 0.3) is 0 Å². The lowest BCUT2D eigenvalue weighted by Gasteiger charge is -2.30. The van der Waals surface area contributed by atoms with Crippen LogP contribution in [-0.2, 0) is 11.3 Å². The van der Waals surface area contributed by atoms with E-state index in [1.807, 2.05) is 62.9 Å². The number of carbonyl (C=O) groups excluding carboxylic acids is 1. The number of benzene rings is 1. The molecule has 0 atom stereocenters.